The molecule has 118 valence electrons. The zero-order chi connectivity index (χ0) is 15.1. The quantitative estimate of drug-likeness (QED) is 0.764. The van der Waals surface area contributed by atoms with Crippen LogP contribution in [0.1, 0.15) is 12.5 Å². The van der Waals surface area contributed by atoms with Crippen LogP contribution >= 0.6 is 35.6 Å². The molecule has 0 aliphatic rings. The molecule has 0 saturated heterocycles. The van der Waals surface area contributed by atoms with Crippen LogP contribution in [0, 0.1) is 0 Å². The molecule has 0 heterocycles. The Morgan fingerprint density at radius 1 is 1.29 bits per heavy atom. The van der Waals surface area contributed by atoms with Gasteiger partial charge in [0.1, 0.15) is 6.04 Å². The van der Waals surface area contributed by atoms with Crippen LogP contribution in [0.3, 0.4) is 0 Å². The number of hydrogen-bond acceptors (Lipinski definition) is 4. The number of nitrogens with one attached hydrogen (secondary N) is 1. The second-order valence-corrected chi connectivity index (χ2v) is 4.93. The van der Waals surface area contributed by atoms with Crippen molar-refractivity contribution in [3.63, 3.8) is 0 Å². The first kappa shape index (κ1) is 20.0. The Hall–Kier alpha value is -1.01. The van der Waals surface area contributed by atoms with Gasteiger partial charge in [0.15, 0.2) is 0 Å². The summed E-state index contributed by atoms with van der Waals surface area (Å²) in [4.78, 5) is 23.2. The topological polar surface area (TPSA) is 81.4 Å². The van der Waals surface area contributed by atoms with Crippen molar-refractivity contribution >= 4 is 47.5 Å². The van der Waals surface area contributed by atoms with E-state index in [4.69, 9.17) is 33.7 Å². The van der Waals surface area contributed by atoms with Gasteiger partial charge in [-0.05, 0) is 30.7 Å². The summed E-state index contributed by atoms with van der Waals surface area (Å²) in [7, 11) is 0. The first-order valence-corrected chi connectivity index (χ1v) is 6.83. The molecule has 1 unspecified atom stereocenters. The molecule has 1 aromatic rings. The molecular formula is C13H17Cl3N2O3. The molecule has 8 heteroatoms. The molecule has 0 spiro atoms. The summed E-state index contributed by atoms with van der Waals surface area (Å²) in [6, 6.07) is 4.12. The zero-order valence-corrected chi connectivity index (χ0v) is 13.7. The lowest BCUT2D eigenvalue weighted by Gasteiger charge is -2.17. The average molecular weight is 356 g/mol. The Kier molecular flexibility index (Phi) is 9.37. The second-order valence-electron chi connectivity index (χ2n) is 4.06. The van der Waals surface area contributed by atoms with Gasteiger partial charge >= 0.3 is 5.97 Å². The normalized spacial score (nSPS) is 11.2. The molecule has 3 N–H and O–H groups in total. The van der Waals surface area contributed by atoms with Crippen molar-refractivity contribution in [2.75, 3.05) is 13.2 Å². The van der Waals surface area contributed by atoms with Crippen LogP contribution in [-0.2, 0) is 20.7 Å². The van der Waals surface area contributed by atoms with Crippen LogP contribution in [0.25, 0.3) is 0 Å². The number of nitrogens with two attached hydrogens (primary N) is 1. The standard InChI is InChI=1S/C13H16Cl2N2O3.ClH/c1-2-20-13(19)11(17-12(18)7-16)5-8-3-9(14)6-10(15)4-8;/h3-4,6,11H,2,5,7,16H2,1H3,(H,17,18);1H. The summed E-state index contributed by atoms with van der Waals surface area (Å²) in [5.74, 6) is -0.957. The van der Waals surface area contributed by atoms with Crippen LogP contribution in [0.5, 0.6) is 0 Å². The third-order valence-electron chi connectivity index (χ3n) is 2.45. The van der Waals surface area contributed by atoms with Gasteiger partial charge in [0.2, 0.25) is 5.91 Å². The molecule has 0 aromatic heterocycles. The molecule has 1 aromatic carbocycles. The molecule has 1 atom stereocenters. The van der Waals surface area contributed by atoms with E-state index in [0.717, 1.165) is 5.56 Å². The Morgan fingerprint density at radius 2 is 1.86 bits per heavy atom. The maximum atomic E-state index is 11.8. The average Bonchev–Trinajstić information content (AvgIpc) is 2.36. The van der Waals surface area contributed by atoms with E-state index in [0.29, 0.717) is 10.0 Å². The fraction of sp³-hybridized carbons (Fsp3) is 0.385. The van der Waals surface area contributed by atoms with Gasteiger partial charge in [-0.2, -0.15) is 0 Å². The zero-order valence-electron chi connectivity index (χ0n) is 11.4. The molecule has 0 fully saturated rings. The third-order valence-corrected chi connectivity index (χ3v) is 2.89. The van der Waals surface area contributed by atoms with E-state index in [1.807, 2.05) is 0 Å². The van der Waals surface area contributed by atoms with E-state index in [2.05, 4.69) is 5.32 Å². The van der Waals surface area contributed by atoms with Gasteiger partial charge in [-0.1, -0.05) is 23.2 Å². The Bertz CT molecular complexity index is 477. The first-order chi connectivity index (χ1) is 9.46. The highest BCUT2D eigenvalue weighted by Crippen LogP contribution is 2.20. The van der Waals surface area contributed by atoms with Gasteiger partial charge in [0.25, 0.3) is 0 Å². The van der Waals surface area contributed by atoms with Crippen LogP contribution in [0.2, 0.25) is 10.0 Å². The van der Waals surface area contributed by atoms with Crippen molar-refractivity contribution in [1.82, 2.24) is 5.32 Å². The Labute approximate surface area is 139 Å². The van der Waals surface area contributed by atoms with Crippen LogP contribution < -0.4 is 11.1 Å². The smallest absolute Gasteiger partial charge is 0.328 e. The molecule has 0 saturated carbocycles. The summed E-state index contributed by atoms with van der Waals surface area (Å²) >= 11 is 11.8. The second kappa shape index (κ2) is 9.84. The van der Waals surface area contributed by atoms with Gasteiger partial charge in [0, 0.05) is 16.5 Å². The summed E-state index contributed by atoms with van der Waals surface area (Å²) in [6.45, 7) is 1.71. The number of amides is 1. The minimum Gasteiger partial charge on any atom is -0.464 e. The van der Waals surface area contributed by atoms with E-state index < -0.39 is 17.9 Å². The molecule has 0 aliphatic carbocycles. The van der Waals surface area contributed by atoms with E-state index in [1.54, 1.807) is 25.1 Å². The molecule has 1 amide bonds. The number of ether oxygens (including phenoxy) is 1. The first-order valence-electron chi connectivity index (χ1n) is 6.07. The number of benzene rings is 1. The number of esters is 1. The van der Waals surface area contributed by atoms with Gasteiger partial charge in [-0.3, -0.25) is 4.79 Å². The van der Waals surface area contributed by atoms with Gasteiger partial charge < -0.3 is 15.8 Å². The van der Waals surface area contributed by atoms with Crippen LogP contribution in [-0.4, -0.2) is 31.1 Å². The molecule has 1 rings (SSSR count). The Balaban J connectivity index is 0.00000400. The number of hydrogen-bond donors (Lipinski definition) is 2. The number of carbonyl (C=O) groups excluding carboxylic acids is 2. The SMILES string of the molecule is CCOC(=O)C(Cc1cc(Cl)cc(Cl)c1)NC(=O)CN.Cl. The van der Waals surface area contributed by atoms with Crippen molar-refractivity contribution in [3.8, 4) is 0 Å². The molecule has 0 aliphatic heterocycles. The number of halogens is 3. The van der Waals surface area contributed by atoms with Crippen molar-refractivity contribution in [2.45, 2.75) is 19.4 Å². The van der Waals surface area contributed by atoms with Gasteiger partial charge in [0.05, 0.1) is 13.2 Å². The van der Waals surface area contributed by atoms with E-state index >= 15 is 0 Å². The highest BCUT2D eigenvalue weighted by molar-refractivity contribution is 6.34. The van der Waals surface area contributed by atoms with Crippen molar-refractivity contribution in [1.29, 1.82) is 0 Å². The number of carbonyl (C=O) groups is 2. The molecule has 5 nitrogen and oxygen atoms in total. The Morgan fingerprint density at radius 3 is 2.33 bits per heavy atom. The molecule has 0 radical (unpaired) electrons. The summed E-state index contributed by atoms with van der Waals surface area (Å²) in [5, 5.41) is 3.43. The molecule has 0 bridgehead atoms. The highest BCUT2D eigenvalue weighted by atomic mass is 35.5. The lowest BCUT2D eigenvalue weighted by atomic mass is 10.1. The molecule has 21 heavy (non-hydrogen) atoms. The number of rotatable bonds is 6. The lowest BCUT2D eigenvalue weighted by molar-refractivity contribution is -0.147. The lowest BCUT2D eigenvalue weighted by Crippen LogP contribution is -2.45. The highest BCUT2D eigenvalue weighted by Gasteiger charge is 2.22. The van der Waals surface area contributed by atoms with E-state index in [-0.39, 0.29) is 32.0 Å². The third kappa shape index (κ3) is 7.00. The predicted octanol–water partition coefficient (Wildman–Crippen LogP) is 1.96. The van der Waals surface area contributed by atoms with Crippen LogP contribution in [0.15, 0.2) is 18.2 Å². The fourth-order valence-corrected chi connectivity index (χ4v) is 2.23. The van der Waals surface area contributed by atoms with Gasteiger partial charge in [-0.25, -0.2) is 4.79 Å². The fourth-order valence-electron chi connectivity index (χ4n) is 1.65. The van der Waals surface area contributed by atoms with E-state index in [9.17, 15) is 9.59 Å². The summed E-state index contributed by atoms with van der Waals surface area (Å²) in [5.41, 5.74) is 5.95. The maximum absolute atomic E-state index is 11.8. The van der Waals surface area contributed by atoms with Crippen molar-refractivity contribution in [3.05, 3.63) is 33.8 Å². The van der Waals surface area contributed by atoms with Crippen LogP contribution in [0.4, 0.5) is 0 Å². The summed E-state index contributed by atoms with van der Waals surface area (Å²) in [6.07, 6.45) is 0.227. The van der Waals surface area contributed by atoms with Crippen molar-refractivity contribution in [2.24, 2.45) is 5.73 Å². The predicted molar refractivity (Wildman–Crippen MR) is 85.0 cm³/mol. The monoisotopic (exact) mass is 354 g/mol. The van der Waals surface area contributed by atoms with Gasteiger partial charge in [-0.15, -0.1) is 12.4 Å². The summed E-state index contributed by atoms with van der Waals surface area (Å²) < 4.78 is 4.92. The minimum atomic E-state index is -0.819. The molecular weight excluding hydrogens is 339 g/mol. The van der Waals surface area contributed by atoms with Crippen molar-refractivity contribution < 1.29 is 14.3 Å². The minimum absolute atomic E-state index is 0. The maximum Gasteiger partial charge on any atom is 0.328 e. The largest absolute Gasteiger partial charge is 0.464 e. The van der Waals surface area contributed by atoms with E-state index in [1.165, 1.54) is 0 Å².